The number of rotatable bonds is 3. The van der Waals surface area contributed by atoms with Crippen molar-refractivity contribution in [2.45, 2.75) is 38.9 Å². The van der Waals surface area contributed by atoms with E-state index in [1.54, 1.807) is 11.8 Å². The maximum Gasteiger partial charge on any atom is 0.319 e. The Morgan fingerprint density at radius 2 is 2.11 bits per heavy atom. The molecule has 0 unspecified atom stereocenters. The van der Waals surface area contributed by atoms with Gasteiger partial charge >= 0.3 is 12.6 Å². The predicted octanol–water partition coefficient (Wildman–Crippen LogP) is 1.45. The molecule has 1 aromatic heterocycles. The summed E-state index contributed by atoms with van der Waals surface area (Å²) in [5, 5.41) is 2.68. The van der Waals surface area contributed by atoms with Crippen LogP contribution in [0.5, 0.6) is 0 Å². The van der Waals surface area contributed by atoms with E-state index in [0.29, 0.717) is 32.2 Å². The molecule has 28 heavy (non-hydrogen) atoms. The lowest BCUT2D eigenvalue weighted by Crippen LogP contribution is -2.50. The number of likely N-dealkylation sites (tertiary alicyclic amines) is 2. The molecular formula is C18H25F2N5O3. The number of fused-ring (bicyclic) bond motifs is 2. The summed E-state index contributed by atoms with van der Waals surface area (Å²) in [6.45, 7) is 1.99. The third-order valence-corrected chi connectivity index (χ3v) is 6.53. The highest BCUT2D eigenvalue weighted by molar-refractivity contribution is 5.75. The Labute approximate surface area is 161 Å². The van der Waals surface area contributed by atoms with Gasteiger partial charge in [-0.1, -0.05) is 0 Å². The van der Waals surface area contributed by atoms with Gasteiger partial charge in [0, 0.05) is 44.9 Å². The van der Waals surface area contributed by atoms with Gasteiger partial charge < -0.3 is 19.9 Å². The van der Waals surface area contributed by atoms with Crippen LogP contribution in [0.1, 0.15) is 32.1 Å². The number of urea groups is 1. The first-order valence-electron chi connectivity index (χ1n) is 9.59. The Morgan fingerprint density at radius 3 is 2.79 bits per heavy atom. The van der Waals surface area contributed by atoms with Gasteiger partial charge in [0.2, 0.25) is 5.91 Å². The molecule has 10 heteroatoms. The third kappa shape index (κ3) is 3.23. The molecule has 0 saturated carbocycles. The van der Waals surface area contributed by atoms with E-state index < -0.39 is 6.55 Å². The molecule has 3 saturated heterocycles. The van der Waals surface area contributed by atoms with Crippen LogP contribution >= 0.6 is 0 Å². The first-order chi connectivity index (χ1) is 13.4. The van der Waals surface area contributed by atoms with E-state index in [4.69, 9.17) is 4.74 Å². The van der Waals surface area contributed by atoms with Gasteiger partial charge in [0.25, 0.3) is 0 Å². The van der Waals surface area contributed by atoms with Gasteiger partial charge in [-0.25, -0.2) is 9.78 Å². The summed E-state index contributed by atoms with van der Waals surface area (Å²) >= 11 is 0. The lowest BCUT2D eigenvalue weighted by Gasteiger charge is -2.41. The molecular weight excluding hydrogens is 372 g/mol. The number of nitrogens with one attached hydrogen (secondary N) is 1. The van der Waals surface area contributed by atoms with Crippen LogP contribution in [0.4, 0.5) is 13.6 Å². The fourth-order valence-corrected chi connectivity index (χ4v) is 4.96. The minimum Gasteiger partial charge on any atom is -0.379 e. The fraction of sp³-hybridized carbons (Fsp3) is 0.722. The lowest BCUT2D eigenvalue weighted by molar-refractivity contribution is -0.130. The molecule has 0 aliphatic carbocycles. The van der Waals surface area contributed by atoms with Gasteiger partial charge in [-0.15, -0.1) is 0 Å². The molecule has 3 aliphatic heterocycles. The standard InChI is InChI=1S/C18H25F2N5O3/c1-12(26)25-11-18(13-9-28-10-14(13)25)2-5-23(6-3-18)17(27)22-8-15-21-4-7-24(15)16(19)20/h4,7,13-14,16H,2-3,5-6,8-11H2,1H3,(H,22,27)/t13-,14+/m1/s1. The van der Waals surface area contributed by atoms with Crippen LogP contribution < -0.4 is 5.32 Å². The number of piperidine rings is 1. The zero-order valence-electron chi connectivity index (χ0n) is 15.8. The van der Waals surface area contributed by atoms with Crippen molar-refractivity contribution in [3.8, 4) is 0 Å². The Morgan fingerprint density at radius 1 is 1.36 bits per heavy atom. The van der Waals surface area contributed by atoms with Crippen LogP contribution in [-0.4, -0.2) is 70.2 Å². The molecule has 3 amide bonds. The van der Waals surface area contributed by atoms with Gasteiger partial charge in [-0.2, -0.15) is 8.78 Å². The first kappa shape index (κ1) is 19.1. The number of carbonyl (C=O) groups excluding carboxylic acids is 2. The highest BCUT2D eigenvalue weighted by Gasteiger charge is 2.56. The number of hydrogen-bond acceptors (Lipinski definition) is 4. The summed E-state index contributed by atoms with van der Waals surface area (Å²) in [4.78, 5) is 32.0. The van der Waals surface area contributed by atoms with E-state index in [9.17, 15) is 18.4 Å². The van der Waals surface area contributed by atoms with Crippen molar-refractivity contribution < 1.29 is 23.1 Å². The fourth-order valence-electron chi connectivity index (χ4n) is 4.96. The van der Waals surface area contributed by atoms with E-state index in [0.717, 1.165) is 24.0 Å². The van der Waals surface area contributed by atoms with Crippen molar-refractivity contribution in [1.82, 2.24) is 24.7 Å². The van der Waals surface area contributed by atoms with Gasteiger partial charge in [-0.05, 0) is 18.3 Å². The lowest BCUT2D eigenvalue weighted by atomic mass is 9.70. The van der Waals surface area contributed by atoms with Crippen LogP contribution in [0.25, 0.3) is 0 Å². The highest BCUT2D eigenvalue weighted by atomic mass is 19.3. The van der Waals surface area contributed by atoms with Crippen LogP contribution in [0.3, 0.4) is 0 Å². The maximum atomic E-state index is 12.9. The Kier molecular flexibility index (Phi) is 4.98. The zero-order chi connectivity index (χ0) is 19.9. The van der Waals surface area contributed by atoms with E-state index in [1.165, 1.54) is 12.4 Å². The maximum absolute atomic E-state index is 12.9. The van der Waals surface area contributed by atoms with Crippen molar-refractivity contribution >= 4 is 11.9 Å². The third-order valence-electron chi connectivity index (χ3n) is 6.53. The van der Waals surface area contributed by atoms with E-state index >= 15 is 0 Å². The summed E-state index contributed by atoms with van der Waals surface area (Å²) in [6.07, 6.45) is 4.10. The summed E-state index contributed by atoms with van der Waals surface area (Å²) in [5.41, 5.74) is -0.00442. The van der Waals surface area contributed by atoms with Crippen LogP contribution in [0.2, 0.25) is 0 Å². The minimum absolute atomic E-state index is 0.00442. The second-order valence-electron chi connectivity index (χ2n) is 7.89. The van der Waals surface area contributed by atoms with Crippen molar-refractivity contribution in [1.29, 1.82) is 0 Å². The van der Waals surface area contributed by atoms with Crippen LogP contribution in [0.15, 0.2) is 12.4 Å². The summed E-state index contributed by atoms with van der Waals surface area (Å²) < 4.78 is 32.1. The quantitative estimate of drug-likeness (QED) is 0.837. The number of nitrogens with zero attached hydrogens (tertiary/aromatic N) is 4. The van der Waals surface area contributed by atoms with Crippen molar-refractivity contribution in [3.63, 3.8) is 0 Å². The molecule has 1 spiro atoms. The number of carbonyl (C=O) groups is 2. The average molecular weight is 397 g/mol. The molecule has 0 radical (unpaired) electrons. The molecule has 4 rings (SSSR count). The number of alkyl halides is 2. The van der Waals surface area contributed by atoms with Gasteiger partial charge in [0.15, 0.2) is 0 Å². The highest BCUT2D eigenvalue weighted by Crippen LogP contribution is 2.50. The molecule has 0 bridgehead atoms. The monoisotopic (exact) mass is 397 g/mol. The summed E-state index contributed by atoms with van der Waals surface area (Å²) in [5.74, 6) is 0.517. The molecule has 3 aliphatic rings. The number of aromatic nitrogens is 2. The molecule has 2 atom stereocenters. The molecule has 4 heterocycles. The van der Waals surface area contributed by atoms with Crippen molar-refractivity contribution in [3.05, 3.63) is 18.2 Å². The number of hydrogen-bond donors (Lipinski definition) is 1. The Hall–Kier alpha value is -2.23. The minimum atomic E-state index is -2.68. The first-order valence-corrected chi connectivity index (χ1v) is 9.59. The SMILES string of the molecule is CC(=O)N1CC2(CCN(C(=O)NCc3nccn3C(F)F)CC2)[C@@H]2COC[C@@H]21. The average Bonchev–Trinajstić information content (AvgIpc) is 3.38. The van der Waals surface area contributed by atoms with Crippen molar-refractivity contribution in [2.24, 2.45) is 11.3 Å². The van der Waals surface area contributed by atoms with E-state index in [2.05, 4.69) is 10.3 Å². The summed E-state index contributed by atoms with van der Waals surface area (Å²) in [6, 6.07) is -0.134. The van der Waals surface area contributed by atoms with Crippen molar-refractivity contribution in [2.75, 3.05) is 32.8 Å². The second-order valence-corrected chi connectivity index (χ2v) is 7.89. The number of halogens is 2. The number of amides is 3. The molecule has 3 fully saturated rings. The van der Waals surface area contributed by atoms with Crippen LogP contribution in [0, 0.1) is 11.3 Å². The topological polar surface area (TPSA) is 79.7 Å². The van der Waals surface area contributed by atoms with E-state index in [-0.39, 0.29) is 35.8 Å². The smallest absolute Gasteiger partial charge is 0.319 e. The van der Waals surface area contributed by atoms with Crippen LogP contribution in [-0.2, 0) is 16.1 Å². The molecule has 8 nitrogen and oxygen atoms in total. The van der Waals surface area contributed by atoms with Gasteiger partial charge in [-0.3, -0.25) is 9.36 Å². The molecule has 1 N–H and O–H groups in total. The molecule has 1 aromatic rings. The summed E-state index contributed by atoms with van der Waals surface area (Å²) in [7, 11) is 0. The number of ether oxygens (including phenoxy) is 1. The Balaban J connectivity index is 1.34. The van der Waals surface area contributed by atoms with Gasteiger partial charge in [0.05, 0.1) is 25.8 Å². The molecule has 154 valence electrons. The van der Waals surface area contributed by atoms with E-state index in [1.807, 2.05) is 4.90 Å². The molecule has 0 aromatic carbocycles. The largest absolute Gasteiger partial charge is 0.379 e. The normalized spacial score (nSPS) is 26.1. The number of imidazole rings is 1. The zero-order valence-corrected chi connectivity index (χ0v) is 15.8. The predicted molar refractivity (Wildman–Crippen MR) is 94.4 cm³/mol. The second kappa shape index (κ2) is 7.31. The van der Waals surface area contributed by atoms with Gasteiger partial charge in [0.1, 0.15) is 5.82 Å². The Bertz CT molecular complexity index is 747.